The lowest BCUT2D eigenvalue weighted by Gasteiger charge is -2.16. The molecular formula is C25H22F3N3O5. The van der Waals surface area contributed by atoms with E-state index >= 15 is 0 Å². The van der Waals surface area contributed by atoms with Gasteiger partial charge >= 0.3 is 12.5 Å². The van der Waals surface area contributed by atoms with Crippen molar-refractivity contribution in [3.63, 3.8) is 0 Å². The highest BCUT2D eigenvalue weighted by molar-refractivity contribution is 5.95. The topological polar surface area (TPSA) is 100 Å². The van der Waals surface area contributed by atoms with Gasteiger partial charge in [0.25, 0.3) is 5.91 Å². The van der Waals surface area contributed by atoms with E-state index in [-0.39, 0.29) is 12.2 Å². The molecule has 8 nitrogen and oxygen atoms in total. The Kier molecular flexibility index (Phi) is 7.13. The van der Waals surface area contributed by atoms with Crippen molar-refractivity contribution in [1.82, 2.24) is 10.4 Å². The predicted molar refractivity (Wildman–Crippen MR) is 124 cm³/mol. The molecule has 2 aromatic carbocycles. The summed E-state index contributed by atoms with van der Waals surface area (Å²) in [5.41, 5.74) is 2.67. The Morgan fingerprint density at radius 3 is 2.64 bits per heavy atom. The molecule has 2 atom stereocenters. The summed E-state index contributed by atoms with van der Waals surface area (Å²) in [6, 6.07) is 13.2. The Hall–Kier alpha value is -4.09. The van der Waals surface area contributed by atoms with E-state index in [1.54, 1.807) is 61.7 Å². The van der Waals surface area contributed by atoms with Gasteiger partial charge in [0.2, 0.25) is 0 Å². The van der Waals surface area contributed by atoms with Gasteiger partial charge in [-0.05, 0) is 46.5 Å². The van der Waals surface area contributed by atoms with Crippen molar-refractivity contribution in [2.75, 3.05) is 12.4 Å². The van der Waals surface area contributed by atoms with Crippen molar-refractivity contribution in [1.29, 1.82) is 0 Å². The molecule has 2 aromatic rings. The molecule has 1 saturated heterocycles. The number of aliphatic hydroxyl groups excluding tert-OH is 1. The van der Waals surface area contributed by atoms with Gasteiger partial charge in [0.15, 0.2) is 6.10 Å². The summed E-state index contributed by atoms with van der Waals surface area (Å²) in [5, 5.41) is 17.2. The van der Waals surface area contributed by atoms with Gasteiger partial charge in [0, 0.05) is 19.2 Å². The molecular weight excluding hydrogens is 479 g/mol. The third-order valence-electron chi connectivity index (χ3n) is 5.44. The maximum Gasteiger partial charge on any atom is 0.572 e. The Balaban J connectivity index is 1.44. The lowest BCUT2D eigenvalue weighted by molar-refractivity contribution is -0.305. The molecule has 0 saturated carbocycles. The largest absolute Gasteiger partial charge is 0.572 e. The fourth-order valence-electron chi connectivity index (χ4n) is 3.73. The van der Waals surface area contributed by atoms with Gasteiger partial charge in [-0.15, -0.1) is 18.2 Å². The number of alkyl halides is 3. The first-order valence-electron chi connectivity index (χ1n) is 10.8. The number of amides is 2. The molecule has 36 heavy (non-hydrogen) atoms. The summed E-state index contributed by atoms with van der Waals surface area (Å²) in [5.74, 6) is -0.912. The van der Waals surface area contributed by atoms with Crippen LogP contribution in [0.2, 0.25) is 0 Å². The number of aliphatic hydroxyl groups is 1. The van der Waals surface area contributed by atoms with Crippen LogP contribution in [0.25, 0.3) is 5.57 Å². The smallest absolute Gasteiger partial charge is 0.410 e. The average Bonchev–Trinajstić information content (AvgIpc) is 3.01. The standard InChI is InChI=1S/C25H22F3N3O5/c1-31-22(30-24(34)36-31)16-8-11-19(12-9-16)29-23(33)21(32)18-6-2-5-17(14-18)15-4-3-7-20(13-10-15)35-25(26,27)28/h2-6,8-14,21-22,32H,7H2,1H3,(H,29,33)(H,30,34). The number of benzene rings is 2. The second kappa shape index (κ2) is 10.3. The lowest BCUT2D eigenvalue weighted by atomic mass is 9.99. The molecule has 2 amide bonds. The maximum absolute atomic E-state index is 12.7. The van der Waals surface area contributed by atoms with E-state index in [1.807, 2.05) is 0 Å². The number of nitrogens with one attached hydrogen (secondary N) is 2. The summed E-state index contributed by atoms with van der Waals surface area (Å²) >= 11 is 0. The van der Waals surface area contributed by atoms with Gasteiger partial charge in [0.1, 0.15) is 11.9 Å². The van der Waals surface area contributed by atoms with E-state index < -0.39 is 30.6 Å². The minimum atomic E-state index is -4.77. The molecule has 0 aromatic heterocycles. The Labute approximate surface area is 204 Å². The molecule has 188 valence electrons. The monoisotopic (exact) mass is 501 g/mol. The molecule has 1 aliphatic heterocycles. The van der Waals surface area contributed by atoms with Gasteiger partial charge in [-0.3, -0.25) is 10.1 Å². The molecule has 1 aliphatic carbocycles. The number of ether oxygens (including phenoxy) is 1. The quantitative estimate of drug-likeness (QED) is 0.530. The number of nitrogens with zero attached hydrogens (tertiary/aromatic N) is 1. The van der Waals surface area contributed by atoms with Gasteiger partial charge in [-0.1, -0.05) is 48.6 Å². The normalized spacial score (nSPS) is 18.9. The van der Waals surface area contributed by atoms with Crippen LogP contribution in [0.3, 0.4) is 0 Å². The van der Waals surface area contributed by atoms with E-state index in [0.717, 1.165) is 5.56 Å². The van der Waals surface area contributed by atoms with E-state index in [4.69, 9.17) is 4.84 Å². The number of carbonyl (C=O) groups is 2. The number of halogens is 3. The van der Waals surface area contributed by atoms with Crippen molar-refractivity contribution in [3.05, 3.63) is 95.3 Å². The first-order valence-corrected chi connectivity index (χ1v) is 10.8. The number of hydroxylamine groups is 2. The van der Waals surface area contributed by atoms with Crippen LogP contribution in [0, 0.1) is 0 Å². The van der Waals surface area contributed by atoms with Crippen molar-refractivity contribution >= 4 is 23.3 Å². The van der Waals surface area contributed by atoms with E-state index in [9.17, 15) is 27.9 Å². The highest BCUT2D eigenvalue weighted by atomic mass is 19.4. The van der Waals surface area contributed by atoms with E-state index in [0.29, 0.717) is 22.4 Å². The minimum Gasteiger partial charge on any atom is -0.410 e. The van der Waals surface area contributed by atoms with Crippen LogP contribution in [0.1, 0.15) is 35.4 Å². The first-order chi connectivity index (χ1) is 17.1. The molecule has 11 heteroatoms. The SMILES string of the molecule is CN1OC(=O)NC1c1ccc(NC(=O)C(O)c2cccc(C3=CC=C(OC(F)(F)F)CC=C3)c2)cc1. The summed E-state index contributed by atoms with van der Waals surface area (Å²) in [6.07, 6.45) is -1.42. The van der Waals surface area contributed by atoms with E-state index in [1.165, 1.54) is 23.3 Å². The van der Waals surface area contributed by atoms with Crippen LogP contribution in [0.4, 0.5) is 23.7 Å². The molecule has 1 heterocycles. The van der Waals surface area contributed by atoms with Crippen LogP contribution >= 0.6 is 0 Å². The molecule has 0 spiro atoms. The number of hydrogen-bond acceptors (Lipinski definition) is 6. The average molecular weight is 501 g/mol. The van der Waals surface area contributed by atoms with Crippen LogP contribution in [-0.4, -0.2) is 35.6 Å². The Morgan fingerprint density at radius 2 is 1.97 bits per heavy atom. The number of allylic oxidation sites excluding steroid dienone is 5. The Bertz CT molecular complexity index is 1240. The van der Waals surface area contributed by atoms with Crippen LogP contribution in [0.5, 0.6) is 0 Å². The zero-order valence-corrected chi connectivity index (χ0v) is 19.0. The predicted octanol–water partition coefficient (Wildman–Crippen LogP) is 4.71. The summed E-state index contributed by atoms with van der Waals surface area (Å²) in [4.78, 5) is 28.9. The summed E-state index contributed by atoms with van der Waals surface area (Å²) < 4.78 is 41.5. The summed E-state index contributed by atoms with van der Waals surface area (Å²) in [6.45, 7) is 0. The third kappa shape index (κ3) is 6.12. The highest BCUT2D eigenvalue weighted by Gasteiger charge is 2.32. The van der Waals surface area contributed by atoms with Crippen molar-refractivity contribution in [2.24, 2.45) is 0 Å². The van der Waals surface area contributed by atoms with Crippen LogP contribution in [0.15, 0.2) is 78.6 Å². The highest BCUT2D eigenvalue weighted by Crippen LogP contribution is 2.28. The second-order valence-corrected chi connectivity index (χ2v) is 8.02. The first kappa shape index (κ1) is 25.0. The molecule has 2 aliphatic rings. The van der Waals surface area contributed by atoms with Gasteiger partial charge in [-0.25, -0.2) is 4.79 Å². The minimum absolute atomic E-state index is 0.0283. The van der Waals surface area contributed by atoms with Crippen LogP contribution < -0.4 is 10.6 Å². The Morgan fingerprint density at radius 1 is 1.22 bits per heavy atom. The summed E-state index contributed by atoms with van der Waals surface area (Å²) in [7, 11) is 1.61. The van der Waals surface area contributed by atoms with E-state index in [2.05, 4.69) is 15.4 Å². The van der Waals surface area contributed by atoms with Crippen molar-refractivity contribution in [3.8, 4) is 0 Å². The zero-order valence-electron chi connectivity index (χ0n) is 19.0. The van der Waals surface area contributed by atoms with Gasteiger partial charge in [-0.2, -0.15) is 0 Å². The van der Waals surface area contributed by atoms with Crippen LogP contribution in [-0.2, 0) is 14.4 Å². The molecule has 1 fully saturated rings. The number of hydrogen-bond donors (Lipinski definition) is 3. The fraction of sp³-hybridized carbons (Fsp3) is 0.200. The van der Waals surface area contributed by atoms with Gasteiger partial charge < -0.3 is 20.0 Å². The number of rotatable bonds is 6. The fourth-order valence-corrected chi connectivity index (χ4v) is 3.73. The molecule has 2 unspecified atom stereocenters. The van der Waals surface area contributed by atoms with Crippen molar-refractivity contribution < 1.29 is 37.4 Å². The van der Waals surface area contributed by atoms with Gasteiger partial charge in [0.05, 0.1) is 0 Å². The molecule has 0 bridgehead atoms. The van der Waals surface area contributed by atoms with Crippen molar-refractivity contribution in [2.45, 2.75) is 25.1 Å². The molecule has 0 radical (unpaired) electrons. The maximum atomic E-state index is 12.7. The lowest BCUT2D eigenvalue weighted by Crippen LogP contribution is -2.24. The zero-order chi connectivity index (χ0) is 25.9. The molecule has 3 N–H and O–H groups in total. The third-order valence-corrected chi connectivity index (χ3v) is 5.44. The second-order valence-electron chi connectivity index (χ2n) is 8.02. The number of carbonyl (C=O) groups excluding carboxylic acids is 2. The molecule has 4 rings (SSSR count). The number of anilines is 1.